The predicted octanol–water partition coefficient (Wildman–Crippen LogP) is 11.5. The summed E-state index contributed by atoms with van der Waals surface area (Å²) in [5.41, 5.74) is 0.719. The number of nitrogens with zero attached hydrogens (tertiary/aromatic N) is 1. The molecule has 1 unspecified atom stereocenters. The minimum Gasteiger partial charge on any atom is -0.460 e. The maximum Gasteiger partial charge on any atom is 0.342 e. The van der Waals surface area contributed by atoms with Crippen LogP contribution >= 0.6 is 0 Å². The first-order valence-electron chi connectivity index (χ1n) is 37.5. The van der Waals surface area contributed by atoms with E-state index in [1.807, 2.05) is 51.2 Å². The zero-order chi connectivity index (χ0) is 76.2. The summed E-state index contributed by atoms with van der Waals surface area (Å²) in [4.78, 5) is 147. The third-order valence-corrected chi connectivity index (χ3v) is 28.8. The summed E-state index contributed by atoms with van der Waals surface area (Å²) in [7, 11) is 3.76. The molecule has 4 aliphatic heterocycles. The van der Waals surface area contributed by atoms with Crippen molar-refractivity contribution in [2.75, 3.05) is 41.6 Å². The molecule has 1 N–H and O–H groups in total. The van der Waals surface area contributed by atoms with Crippen molar-refractivity contribution in [3.05, 3.63) is 81.9 Å². The number of Topliss-reactive ketones (excluding diaryl/α,β-unsaturated/α-hetero) is 5. The molecule has 9 rings (SSSR count). The smallest absolute Gasteiger partial charge is 0.342 e. The van der Waals surface area contributed by atoms with Gasteiger partial charge in [0.1, 0.15) is 54.2 Å². The molecule has 1 amide bonds. The van der Waals surface area contributed by atoms with Gasteiger partial charge in [-0.3, -0.25) is 38.4 Å². The van der Waals surface area contributed by atoms with Crippen molar-refractivity contribution in [1.82, 2.24) is 4.90 Å². The van der Waals surface area contributed by atoms with E-state index in [0.29, 0.717) is 56.9 Å². The van der Waals surface area contributed by atoms with Gasteiger partial charge in [0, 0.05) is 101 Å². The van der Waals surface area contributed by atoms with E-state index in [1.165, 1.54) is 25.4 Å². The summed E-state index contributed by atoms with van der Waals surface area (Å²) in [5, 5.41) is 12.2. The molecule has 0 aromatic carbocycles. The van der Waals surface area contributed by atoms with Gasteiger partial charge in [-0.05, 0) is 137 Å². The quantitative estimate of drug-likeness (QED) is 0.0452. The highest BCUT2D eigenvalue weighted by atomic mass is 28.4. The first-order chi connectivity index (χ1) is 49.0. The number of ketones is 5. The van der Waals surface area contributed by atoms with Gasteiger partial charge in [-0.1, -0.05) is 98.8 Å². The van der Waals surface area contributed by atoms with E-state index in [-0.39, 0.29) is 108 Å². The lowest BCUT2D eigenvalue weighted by Gasteiger charge is -2.47. The molecule has 5 heterocycles. The van der Waals surface area contributed by atoms with Gasteiger partial charge in [0.2, 0.25) is 11.6 Å². The number of amides is 1. The molecule has 0 spiro atoms. The highest BCUT2D eigenvalue weighted by molar-refractivity contribution is 6.74. The third-order valence-electron chi connectivity index (χ3n) is 24.3. The molecular weight excluding hydrogens is 1350 g/mol. The summed E-state index contributed by atoms with van der Waals surface area (Å²) >= 11 is 0. The van der Waals surface area contributed by atoms with E-state index in [9.17, 15) is 43.5 Å². The number of rotatable bonds is 14. The fraction of sp³-hybridized carbons (Fsp3) is 0.700. The number of piperidine rings is 1. The standard InChI is InChI=1S/C80H113NO22Si/c1-43-23-19-18-20-24-44(2)57(94-13)37-51-28-26-49(7)80(92,102-51)74(88)75(89)81-32-22-21-25-54(81)77(91)99-58(46(4)35-50-27-30-56(59(36-50)95-14)103-104(16,17)78(8,9)10)38-55(82)45(3)34-48(6)71(73(96-15)69(86)47(5)33-43)101-64(85)39-63(84)98-60-40-79(11)53(29-31-62(79)83)66-67(60)68-61(42-93-12)100-76(90)52-41-97-72(65(52)68)70(66)87/h18-20,23-24,34,41,43,45-47,49-51,53-54,56-61,68,71,73,92H,21-22,25-33,35-40,42H2,1-17H3/b20-18+,23-19+,44-24+,48-34+/t43-,45-,46-,47-,49-,50+,51+,53+,54+,56+,57+,58+,59-,60-,61-,68?,71-,73+,79+,80-/m1/s1. The number of furan rings is 1. The van der Waals surface area contributed by atoms with Gasteiger partial charge >= 0.3 is 23.9 Å². The van der Waals surface area contributed by atoms with Crippen LogP contribution in [0.15, 0.2) is 69.4 Å². The normalized spacial score (nSPS) is 36.6. The second-order valence-corrected chi connectivity index (χ2v) is 37.4. The number of allylic oxidation sites excluding steroid dienone is 7. The van der Waals surface area contributed by atoms with E-state index in [0.717, 1.165) is 18.4 Å². The van der Waals surface area contributed by atoms with Crippen molar-refractivity contribution >= 4 is 67.0 Å². The fourth-order valence-corrected chi connectivity index (χ4v) is 18.5. The summed E-state index contributed by atoms with van der Waals surface area (Å²) in [5.74, 6) is -14.7. The van der Waals surface area contributed by atoms with Crippen LogP contribution in [0.25, 0.3) is 0 Å². The first kappa shape index (κ1) is 81.7. The van der Waals surface area contributed by atoms with E-state index in [1.54, 1.807) is 54.9 Å². The van der Waals surface area contributed by atoms with Crippen molar-refractivity contribution in [1.29, 1.82) is 0 Å². The van der Waals surface area contributed by atoms with Crippen molar-refractivity contribution in [2.24, 2.45) is 46.8 Å². The third kappa shape index (κ3) is 17.4. The van der Waals surface area contributed by atoms with Crippen LogP contribution in [0, 0.1) is 46.8 Å². The molecule has 20 atom stereocenters. The number of cyclic esters (lactones) is 2. The number of ether oxygens (including phenoxy) is 9. The monoisotopic (exact) mass is 1470 g/mol. The maximum atomic E-state index is 15.2. The Morgan fingerprint density at radius 1 is 0.798 bits per heavy atom. The Kier molecular flexibility index (Phi) is 26.6. The SMILES string of the molecule is COC[C@H]1OC(=O)c2coc3c2C1C1=C(C3=O)[C@@H]2CCC(=O)[C@@]2(C)C[C@H]1OC(=O)CC(=O)O[C@@H]1/C(C)=C/[C@@H](C)C(=O)C[C@@H]([C@H](C)C[C@@H]2CC[C@H](O[Si](C)(C)C(C)(C)C)[C@H](OC)C2)OC(=O)[C@@H]2CCCCN2C(=O)C(=O)[C@]2(O)O[C@@H](CC[C@H]2C)C[C@H](OC)/C(C)=C/C=C/C=C/[C@@H](C)C[C@@H](C)C(=O)[C@@H]1OC. The predicted molar refractivity (Wildman–Crippen MR) is 384 cm³/mol. The highest BCUT2D eigenvalue weighted by Gasteiger charge is 2.61. The average molecular weight is 1470 g/mol. The largest absolute Gasteiger partial charge is 0.460 e. The zero-order valence-corrected chi connectivity index (χ0v) is 65.1. The molecule has 0 radical (unpaired) electrons. The summed E-state index contributed by atoms with van der Waals surface area (Å²) in [6.45, 7) is 25.0. The molecule has 104 heavy (non-hydrogen) atoms. The Hall–Kier alpha value is -6.38. The molecule has 574 valence electrons. The number of hydrogen-bond donors (Lipinski definition) is 1. The van der Waals surface area contributed by atoms with Gasteiger partial charge in [-0.25, -0.2) is 9.59 Å². The Balaban J connectivity index is 1.04. The van der Waals surface area contributed by atoms with Crippen LogP contribution in [0.1, 0.15) is 211 Å². The fourth-order valence-electron chi connectivity index (χ4n) is 17.1. The molecular formula is C80H113NO22Si. The summed E-state index contributed by atoms with van der Waals surface area (Å²) in [6.07, 6.45) is 8.33. The molecule has 1 aromatic heterocycles. The number of methoxy groups -OCH3 is 4. The highest BCUT2D eigenvalue weighted by Crippen LogP contribution is 2.60. The lowest BCUT2D eigenvalue weighted by atomic mass is 9.59. The van der Waals surface area contributed by atoms with Gasteiger partial charge in [-0.2, -0.15) is 0 Å². The van der Waals surface area contributed by atoms with Gasteiger partial charge in [0.25, 0.3) is 11.7 Å². The van der Waals surface area contributed by atoms with Crippen LogP contribution in [-0.2, 0) is 85.4 Å². The average Bonchev–Trinajstić information content (AvgIpc) is 1.48. The van der Waals surface area contributed by atoms with Crippen LogP contribution in [0.4, 0.5) is 0 Å². The van der Waals surface area contributed by atoms with Crippen LogP contribution in [0.2, 0.25) is 18.1 Å². The van der Waals surface area contributed by atoms with Crippen LogP contribution in [0.5, 0.6) is 0 Å². The van der Waals surface area contributed by atoms with Crippen LogP contribution < -0.4 is 0 Å². The number of aliphatic hydroxyl groups is 1. The molecule has 8 aliphatic rings. The molecule has 2 bridgehead atoms. The zero-order valence-electron chi connectivity index (χ0n) is 64.1. The molecule has 23 nitrogen and oxygen atoms in total. The van der Waals surface area contributed by atoms with Crippen LogP contribution in [0.3, 0.4) is 0 Å². The second-order valence-electron chi connectivity index (χ2n) is 32.7. The van der Waals surface area contributed by atoms with E-state index in [2.05, 4.69) is 33.9 Å². The Morgan fingerprint density at radius 3 is 2.20 bits per heavy atom. The molecule has 24 heteroatoms. The maximum absolute atomic E-state index is 15.2. The van der Waals surface area contributed by atoms with E-state index < -0.39 is 163 Å². The molecule has 1 aromatic rings. The Labute approximate surface area is 613 Å². The van der Waals surface area contributed by atoms with Crippen molar-refractivity contribution in [3.8, 4) is 0 Å². The molecule has 2 saturated heterocycles. The molecule has 4 fully saturated rings. The summed E-state index contributed by atoms with van der Waals surface area (Å²) in [6, 6.07) is -1.25. The number of carbonyl (C=O) groups is 10. The topological polar surface area (TPSA) is 300 Å². The Bertz CT molecular complexity index is 3570. The number of hydrogen-bond acceptors (Lipinski definition) is 22. The minimum absolute atomic E-state index is 0.0130. The lowest BCUT2D eigenvalue weighted by Crippen LogP contribution is -2.61. The lowest BCUT2D eigenvalue weighted by molar-refractivity contribution is -0.265. The van der Waals surface area contributed by atoms with E-state index in [4.69, 9.17) is 51.5 Å². The second kappa shape index (κ2) is 33.8. The van der Waals surface area contributed by atoms with E-state index >= 15 is 9.59 Å². The summed E-state index contributed by atoms with van der Waals surface area (Å²) < 4.78 is 67.5. The molecule has 2 saturated carbocycles. The van der Waals surface area contributed by atoms with Gasteiger partial charge in [0.15, 0.2) is 32.1 Å². The van der Waals surface area contributed by atoms with Gasteiger partial charge in [-0.15, -0.1) is 0 Å². The van der Waals surface area contributed by atoms with Crippen LogP contribution in [-0.4, -0.2) is 185 Å². The first-order valence-corrected chi connectivity index (χ1v) is 40.4. The number of carbonyl (C=O) groups excluding carboxylic acids is 10. The van der Waals surface area contributed by atoms with Gasteiger partial charge in [0.05, 0.1) is 36.9 Å². The van der Waals surface area contributed by atoms with Crippen molar-refractivity contribution < 1.29 is 105 Å². The number of fused-ring (bicyclic) bond motifs is 6. The van der Waals surface area contributed by atoms with Crippen molar-refractivity contribution in [3.63, 3.8) is 0 Å². The molecule has 4 aliphatic carbocycles. The Morgan fingerprint density at radius 2 is 1.52 bits per heavy atom. The minimum atomic E-state index is -2.51. The van der Waals surface area contributed by atoms with Gasteiger partial charge < -0.3 is 61.5 Å². The number of esters is 4. The van der Waals surface area contributed by atoms with Crippen molar-refractivity contribution in [2.45, 2.75) is 270 Å².